The van der Waals surface area contributed by atoms with Crippen LogP contribution in [0.5, 0.6) is 0 Å². The van der Waals surface area contributed by atoms with Crippen LogP contribution in [0.15, 0.2) is 35.2 Å². The first-order valence-electron chi connectivity index (χ1n) is 6.68. The van der Waals surface area contributed by atoms with Crippen LogP contribution in [0.25, 0.3) is 0 Å². The van der Waals surface area contributed by atoms with Crippen LogP contribution in [0.4, 0.5) is 0 Å². The largest absolute Gasteiger partial charge is 0.469 e. The minimum absolute atomic E-state index is 0.0479. The Bertz CT molecular complexity index is 410. The maximum atomic E-state index is 11.6. The molecule has 0 aliphatic carbocycles. The van der Waals surface area contributed by atoms with Crippen LogP contribution in [-0.4, -0.2) is 43.4 Å². The van der Waals surface area contributed by atoms with Gasteiger partial charge in [-0.15, -0.1) is 11.8 Å². The number of ether oxygens (including phenoxy) is 1. The number of hydrogen-bond donors (Lipinski definition) is 0. The van der Waals surface area contributed by atoms with Gasteiger partial charge in [0.15, 0.2) is 0 Å². The maximum Gasteiger partial charge on any atom is 0.310 e. The van der Waals surface area contributed by atoms with Gasteiger partial charge in [0.1, 0.15) is 0 Å². The van der Waals surface area contributed by atoms with Gasteiger partial charge in [0, 0.05) is 30.3 Å². The van der Waals surface area contributed by atoms with Gasteiger partial charge in [-0.2, -0.15) is 0 Å². The van der Waals surface area contributed by atoms with Crippen LogP contribution in [-0.2, 0) is 9.53 Å². The van der Waals surface area contributed by atoms with E-state index in [1.165, 1.54) is 12.0 Å². The smallest absolute Gasteiger partial charge is 0.310 e. The van der Waals surface area contributed by atoms with Gasteiger partial charge in [-0.05, 0) is 18.1 Å². The van der Waals surface area contributed by atoms with Crippen LogP contribution in [0.2, 0.25) is 0 Å². The van der Waals surface area contributed by atoms with Crippen molar-refractivity contribution in [1.29, 1.82) is 0 Å². The Morgan fingerprint density at radius 3 is 2.79 bits per heavy atom. The summed E-state index contributed by atoms with van der Waals surface area (Å²) in [5, 5.41) is 0. The molecular weight excluding hydrogens is 258 g/mol. The van der Waals surface area contributed by atoms with Crippen molar-refractivity contribution in [2.75, 3.05) is 32.5 Å². The molecule has 1 fully saturated rings. The molecule has 0 amide bonds. The summed E-state index contributed by atoms with van der Waals surface area (Å²) in [6.45, 7) is 4.99. The zero-order valence-corrected chi connectivity index (χ0v) is 12.4. The molecule has 2 atom stereocenters. The van der Waals surface area contributed by atoms with Crippen molar-refractivity contribution in [3.05, 3.63) is 30.3 Å². The molecule has 2 rings (SSSR count). The third kappa shape index (κ3) is 3.98. The summed E-state index contributed by atoms with van der Waals surface area (Å²) >= 11 is 1.87. The van der Waals surface area contributed by atoms with Crippen molar-refractivity contribution in [3.8, 4) is 0 Å². The third-order valence-electron chi connectivity index (χ3n) is 3.61. The highest BCUT2D eigenvalue weighted by Crippen LogP contribution is 2.25. The molecule has 3 nitrogen and oxygen atoms in total. The number of carbonyl (C=O) groups excluding carboxylic acids is 1. The molecule has 0 spiro atoms. The van der Waals surface area contributed by atoms with Crippen LogP contribution in [0, 0.1) is 11.8 Å². The zero-order valence-electron chi connectivity index (χ0n) is 11.5. The predicted octanol–water partition coefficient (Wildman–Crippen LogP) is 2.52. The summed E-state index contributed by atoms with van der Waals surface area (Å²) in [5.41, 5.74) is 0. The molecule has 1 saturated heterocycles. The number of esters is 1. The first-order chi connectivity index (χ1) is 9.20. The van der Waals surface area contributed by atoms with E-state index in [1.807, 2.05) is 17.8 Å². The van der Waals surface area contributed by atoms with Gasteiger partial charge in [-0.25, -0.2) is 0 Å². The molecule has 0 aromatic heterocycles. The number of thioether (sulfide) groups is 1. The molecule has 1 aromatic carbocycles. The predicted molar refractivity (Wildman–Crippen MR) is 78.3 cm³/mol. The molecule has 4 heteroatoms. The van der Waals surface area contributed by atoms with Crippen LogP contribution >= 0.6 is 11.8 Å². The second kappa shape index (κ2) is 6.96. The van der Waals surface area contributed by atoms with Gasteiger partial charge in [0.2, 0.25) is 0 Å². The molecule has 1 aliphatic rings. The van der Waals surface area contributed by atoms with Crippen molar-refractivity contribution in [2.24, 2.45) is 11.8 Å². The number of hydrogen-bond acceptors (Lipinski definition) is 4. The summed E-state index contributed by atoms with van der Waals surface area (Å²) in [4.78, 5) is 15.3. The number of nitrogens with zero attached hydrogens (tertiary/aromatic N) is 1. The highest BCUT2D eigenvalue weighted by molar-refractivity contribution is 7.99. The highest BCUT2D eigenvalue weighted by atomic mass is 32.2. The second-order valence-corrected chi connectivity index (χ2v) is 6.20. The van der Waals surface area contributed by atoms with Crippen molar-refractivity contribution in [2.45, 2.75) is 11.8 Å². The minimum Gasteiger partial charge on any atom is -0.469 e. The second-order valence-electron chi connectivity index (χ2n) is 5.03. The summed E-state index contributed by atoms with van der Waals surface area (Å²) in [7, 11) is 1.48. The van der Waals surface area contributed by atoms with E-state index < -0.39 is 0 Å². The third-order valence-corrected chi connectivity index (χ3v) is 4.60. The number of methoxy groups -OCH3 is 1. The van der Waals surface area contributed by atoms with Crippen LogP contribution in [0.3, 0.4) is 0 Å². The first kappa shape index (κ1) is 14.4. The lowest BCUT2D eigenvalue weighted by atomic mass is 9.99. The summed E-state index contributed by atoms with van der Waals surface area (Å²) < 4.78 is 4.86. The number of carbonyl (C=O) groups is 1. The molecule has 1 aliphatic heterocycles. The zero-order chi connectivity index (χ0) is 13.7. The van der Waals surface area contributed by atoms with E-state index >= 15 is 0 Å². The summed E-state index contributed by atoms with van der Waals surface area (Å²) in [6.07, 6.45) is 0. The first-order valence-corrected chi connectivity index (χ1v) is 7.67. The molecule has 0 N–H and O–H groups in total. The quantitative estimate of drug-likeness (QED) is 0.612. The monoisotopic (exact) mass is 279 g/mol. The number of likely N-dealkylation sites (tertiary alicyclic amines) is 1. The van der Waals surface area contributed by atoms with E-state index in [0.29, 0.717) is 5.92 Å². The number of rotatable bonds is 5. The van der Waals surface area contributed by atoms with Gasteiger partial charge in [0.25, 0.3) is 0 Å². The lowest BCUT2D eigenvalue weighted by Gasteiger charge is -2.14. The van der Waals surface area contributed by atoms with E-state index in [-0.39, 0.29) is 11.9 Å². The summed E-state index contributed by atoms with van der Waals surface area (Å²) in [5.74, 6) is 1.44. The van der Waals surface area contributed by atoms with Crippen LogP contribution < -0.4 is 0 Å². The van der Waals surface area contributed by atoms with E-state index in [4.69, 9.17) is 4.74 Å². The Balaban J connectivity index is 1.74. The molecule has 1 heterocycles. The Labute approximate surface area is 119 Å². The Kier molecular flexibility index (Phi) is 5.28. The maximum absolute atomic E-state index is 11.6. The van der Waals surface area contributed by atoms with Crippen LogP contribution in [0.1, 0.15) is 6.92 Å². The fourth-order valence-electron chi connectivity index (χ4n) is 2.52. The lowest BCUT2D eigenvalue weighted by molar-refractivity contribution is -0.146. The molecule has 0 saturated carbocycles. The molecular formula is C15H21NO2S. The van der Waals surface area contributed by atoms with Gasteiger partial charge in [0.05, 0.1) is 13.0 Å². The van der Waals surface area contributed by atoms with E-state index in [9.17, 15) is 4.79 Å². The van der Waals surface area contributed by atoms with Crippen molar-refractivity contribution in [3.63, 3.8) is 0 Å². The average Bonchev–Trinajstić information content (AvgIpc) is 2.80. The van der Waals surface area contributed by atoms with Gasteiger partial charge < -0.3 is 9.64 Å². The molecule has 104 valence electrons. The Hall–Kier alpha value is -1.00. The molecule has 1 aromatic rings. The van der Waals surface area contributed by atoms with E-state index in [1.54, 1.807) is 0 Å². The molecule has 2 unspecified atom stereocenters. The average molecular weight is 279 g/mol. The number of benzene rings is 1. The SMILES string of the molecule is COC(=O)C1CN(CCSc2ccccc2)CC1C. The molecule has 0 bridgehead atoms. The van der Waals surface area contributed by atoms with Gasteiger partial charge in [-0.3, -0.25) is 4.79 Å². The fraction of sp³-hybridized carbons (Fsp3) is 0.533. The van der Waals surface area contributed by atoms with Gasteiger partial charge >= 0.3 is 5.97 Å². The Morgan fingerprint density at radius 2 is 2.11 bits per heavy atom. The van der Waals surface area contributed by atoms with Crippen molar-refractivity contribution in [1.82, 2.24) is 4.90 Å². The normalized spacial score (nSPS) is 23.5. The van der Waals surface area contributed by atoms with E-state index in [0.717, 1.165) is 25.4 Å². The van der Waals surface area contributed by atoms with E-state index in [2.05, 4.69) is 36.1 Å². The van der Waals surface area contributed by atoms with Crippen molar-refractivity contribution >= 4 is 17.7 Å². The molecule has 0 radical (unpaired) electrons. The van der Waals surface area contributed by atoms with Crippen molar-refractivity contribution < 1.29 is 9.53 Å². The Morgan fingerprint density at radius 1 is 1.37 bits per heavy atom. The molecule has 19 heavy (non-hydrogen) atoms. The van der Waals surface area contributed by atoms with Gasteiger partial charge in [-0.1, -0.05) is 25.1 Å². The standard InChI is InChI=1S/C15H21NO2S/c1-12-10-16(11-14(12)15(17)18-2)8-9-19-13-6-4-3-5-7-13/h3-7,12,14H,8-11H2,1-2H3. The highest BCUT2D eigenvalue weighted by Gasteiger charge is 2.34. The lowest BCUT2D eigenvalue weighted by Crippen LogP contribution is -2.26. The minimum atomic E-state index is -0.0642. The summed E-state index contributed by atoms with van der Waals surface area (Å²) in [6, 6.07) is 10.4. The fourth-order valence-corrected chi connectivity index (χ4v) is 3.45. The topological polar surface area (TPSA) is 29.5 Å².